The quantitative estimate of drug-likeness (QED) is 0.702. The van der Waals surface area contributed by atoms with Gasteiger partial charge in [0.1, 0.15) is 18.2 Å². The molecule has 0 atom stereocenters. The summed E-state index contributed by atoms with van der Waals surface area (Å²) in [6.07, 6.45) is 0.0287. The second kappa shape index (κ2) is 7.59. The van der Waals surface area contributed by atoms with Crippen LogP contribution in [0, 0.1) is 5.82 Å². The van der Waals surface area contributed by atoms with E-state index in [4.69, 9.17) is 4.74 Å². The average Bonchev–Trinajstić information content (AvgIpc) is 2.61. The van der Waals surface area contributed by atoms with Crippen LogP contribution in [0.4, 0.5) is 4.39 Å². The molecule has 122 valence electrons. The third kappa shape index (κ3) is 3.90. The van der Waals surface area contributed by atoms with E-state index >= 15 is 0 Å². The van der Waals surface area contributed by atoms with Crippen molar-refractivity contribution in [1.82, 2.24) is 5.32 Å². The monoisotopic (exact) mass is 323 g/mol. The van der Waals surface area contributed by atoms with E-state index in [1.54, 1.807) is 18.2 Å². The topological polar surface area (TPSA) is 38.3 Å². The number of amides is 1. The Balaban J connectivity index is 1.50. The minimum Gasteiger partial charge on any atom is -0.491 e. The Labute approximate surface area is 140 Å². The number of rotatable bonds is 6. The molecular formula is C20H18FNO2. The largest absolute Gasteiger partial charge is 0.491 e. The molecule has 0 saturated carbocycles. The van der Waals surface area contributed by atoms with Gasteiger partial charge in [-0.05, 0) is 23.1 Å². The number of ether oxygens (including phenoxy) is 1. The lowest BCUT2D eigenvalue weighted by atomic mass is 10.1. The van der Waals surface area contributed by atoms with Crippen LogP contribution in [0.2, 0.25) is 0 Å². The van der Waals surface area contributed by atoms with E-state index < -0.39 is 0 Å². The zero-order valence-corrected chi connectivity index (χ0v) is 13.2. The maximum atomic E-state index is 13.5. The molecule has 0 unspecified atom stereocenters. The van der Waals surface area contributed by atoms with Crippen molar-refractivity contribution in [1.29, 1.82) is 0 Å². The summed E-state index contributed by atoms with van der Waals surface area (Å²) < 4.78 is 19.3. The number of hydrogen-bond acceptors (Lipinski definition) is 2. The van der Waals surface area contributed by atoms with Crippen LogP contribution in [0.25, 0.3) is 10.8 Å². The zero-order chi connectivity index (χ0) is 16.8. The van der Waals surface area contributed by atoms with E-state index in [2.05, 4.69) is 5.32 Å². The highest BCUT2D eigenvalue weighted by atomic mass is 19.1. The van der Waals surface area contributed by atoms with Crippen molar-refractivity contribution < 1.29 is 13.9 Å². The van der Waals surface area contributed by atoms with Crippen molar-refractivity contribution in [2.45, 2.75) is 6.42 Å². The van der Waals surface area contributed by atoms with Crippen LogP contribution in [0.5, 0.6) is 5.75 Å². The van der Waals surface area contributed by atoms with Gasteiger partial charge in [0.15, 0.2) is 0 Å². The first-order valence-electron chi connectivity index (χ1n) is 7.85. The number of carbonyl (C=O) groups excluding carboxylic acids is 1. The van der Waals surface area contributed by atoms with Gasteiger partial charge >= 0.3 is 0 Å². The number of nitrogens with one attached hydrogen (secondary N) is 1. The highest BCUT2D eigenvalue weighted by Gasteiger charge is 2.07. The van der Waals surface area contributed by atoms with Gasteiger partial charge in [-0.1, -0.05) is 54.6 Å². The van der Waals surface area contributed by atoms with Crippen LogP contribution in [-0.4, -0.2) is 19.1 Å². The summed E-state index contributed by atoms with van der Waals surface area (Å²) in [5.74, 6) is 0.206. The van der Waals surface area contributed by atoms with Crippen LogP contribution in [0.3, 0.4) is 0 Å². The minimum absolute atomic E-state index is 0.0287. The molecule has 3 nitrogen and oxygen atoms in total. The Kier molecular flexibility index (Phi) is 5.06. The normalized spacial score (nSPS) is 10.5. The standard InChI is InChI=1S/C20H18FNO2/c21-18-10-4-2-7-16(18)14-20(23)22-12-13-24-19-11-5-8-15-6-1-3-9-17(15)19/h1-11H,12-14H2,(H,22,23). The van der Waals surface area contributed by atoms with Crippen molar-refractivity contribution in [2.24, 2.45) is 0 Å². The Morgan fingerprint density at radius 1 is 0.958 bits per heavy atom. The van der Waals surface area contributed by atoms with Gasteiger partial charge < -0.3 is 10.1 Å². The lowest BCUT2D eigenvalue weighted by molar-refractivity contribution is -0.120. The van der Waals surface area contributed by atoms with Crippen molar-refractivity contribution in [3.8, 4) is 5.75 Å². The van der Waals surface area contributed by atoms with E-state index in [-0.39, 0.29) is 18.1 Å². The summed E-state index contributed by atoms with van der Waals surface area (Å²) in [5, 5.41) is 4.90. The zero-order valence-electron chi connectivity index (χ0n) is 13.2. The fourth-order valence-electron chi connectivity index (χ4n) is 2.55. The molecule has 0 radical (unpaired) electrons. The molecule has 1 amide bonds. The second-order valence-electron chi connectivity index (χ2n) is 5.44. The smallest absolute Gasteiger partial charge is 0.224 e. The maximum absolute atomic E-state index is 13.5. The molecule has 0 fully saturated rings. The molecule has 0 bridgehead atoms. The van der Waals surface area contributed by atoms with Crippen LogP contribution in [-0.2, 0) is 11.2 Å². The second-order valence-corrected chi connectivity index (χ2v) is 5.44. The van der Waals surface area contributed by atoms with E-state index in [0.717, 1.165) is 16.5 Å². The molecule has 0 saturated heterocycles. The molecule has 0 aromatic heterocycles. The summed E-state index contributed by atoms with van der Waals surface area (Å²) in [6.45, 7) is 0.730. The predicted octanol–water partition coefficient (Wildman–Crippen LogP) is 3.72. The number of fused-ring (bicyclic) bond motifs is 1. The summed E-state index contributed by atoms with van der Waals surface area (Å²) in [4.78, 5) is 11.9. The predicted molar refractivity (Wildman–Crippen MR) is 92.6 cm³/mol. The average molecular weight is 323 g/mol. The molecular weight excluding hydrogens is 305 g/mol. The number of hydrogen-bond donors (Lipinski definition) is 1. The fourth-order valence-corrected chi connectivity index (χ4v) is 2.55. The molecule has 24 heavy (non-hydrogen) atoms. The number of halogens is 1. The molecule has 4 heteroatoms. The van der Waals surface area contributed by atoms with E-state index in [0.29, 0.717) is 18.7 Å². The Morgan fingerprint density at radius 3 is 2.58 bits per heavy atom. The SMILES string of the molecule is O=C(Cc1ccccc1F)NCCOc1cccc2ccccc12. The van der Waals surface area contributed by atoms with E-state index in [9.17, 15) is 9.18 Å². The van der Waals surface area contributed by atoms with Crippen LogP contribution in [0.15, 0.2) is 66.7 Å². The molecule has 3 aromatic carbocycles. The summed E-state index contributed by atoms with van der Waals surface area (Å²) in [5.41, 5.74) is 0.393. The third-order valence-corrected chi connectivity index (χ3v) is 3.74. The first kappa shape index (κ1) is 16.0. The molecule has 3 rings (SSSR count). The number of benzene rings is 3. The third-order valence-electron chi connectivity index (χ3n) is 3.74. The Hall–Kier alpha value is -2.88. The van der Waals surface area contributed by atoms with Gasteiger partial charge in [-0.25, -0.2) is 4.39 Å². The van der Waals surface area contributed by atoms with Crippen LogP contribution in [0.1, 0.15) is 5.56 Å². The van der Waals surface area contributed by atoms with Gasteiger partial charge in [0.25, 0.3) is 0 Å². The van der Waals surface area contributed by atoms with Crippen LogP contribution < -0.4 is 10.1 Å². The molecule has 0 heterocycles. The fraction of sp³-hybridized carbons (Fsp3) is 0.150. The highest BCUT2D eigenvalue weighted by Crippen LogP contribution is 2.24. The van der Waals surface area contributed by atoms with Crippen LogP contribution >= 0.6 is 0 Å². The molecule has 0 aliphatic carbocycles. The van der Waals surface area contributed by atoms with Gasteiger partial charge in [0.05, 0.1) is 13.0 Å². The first-order chi connectivity index (χ1) is 11.7. The molecule has 3 aromatic rings. The van der Waals surface area contributed by atoms with Gasteiger partial charge in [0.2, 0.25) is 5.91 Å². The maximum Gasteiger partial charge on any atom is 0.224 e. The number of carbonyl (C=O) groups is 1. The highest BCUT2D eigenvalue weighted by molar-refractivity contribution is 5.88. The first-order valence-corrected chi connectivity index (χ1v) is 7.85. The van der Waals surface area contributed by atoms with Crippen molar-refractivity contribution in [3.63, 3.8) is 0 Å². The van der Waals surface area contributed by atoms with Crippen molar-refractivity contribution in [3.05, 3.63) is 78.1 Å². The van der Waals surface area contributed by atoms with Gasteiger partial charge in [-0.3, -0.25) is 4.79 Å². The summed E-state index contributed by atoms with van der Waals surface area (Å²) in [7, 11) is 0. The molecule has 0 spiro atoms. The van der Waals surface area contributed by atoms with E-state index in [1.165, 1.54) is 6.07 Å². The van der Waals surface area contributed by atoms with Gasteiger partial charge in [-0.15, -0.1) is 0 Å². The van der Waals surface area contributed by atoms with Crippen molar-refractivity contribution >= 4 is 16.7 Å². The van der Waals surface area contributed by atoms with E-state index in [1.807, 2.05) is 42.5 Å². The Morgan fingerprint density at radius 2 is 1.71 bits per heavy atom. The van der Waals surface area contributed by atoms with Gasteiger partial charge in [0, 0.05) is 5.39 Å². The summed E-state index contributed by atoms with van der Waals surface area (Å²) in [6, 6.07) is 20.1. The lowest BCUT2D eigenvalue weighted by Gasteiger charge is -2.10. The summed E-state index contributed by atoms with van der Waals surface area (Å²) >= 11 is 0. The lowest BCUT2D eigenvalue weighted by Crippen LogP contribution is -2.29. The minimum atomic E-state index is -0.361. The van der Waals surface area contributed by atoms with Gasteiger partial charge in [-0.2, -0.15) is 0 Å². The molecule has 0 aliphatic rings. The van der Waals surface area contributed by atoms with Crippen molar-refractivity contribution in [2.75, 3.05) is 13.2 Å². The molecule has 0 aliphatic heterocycles. The molecule has 1 N–H and O–H groups in total. The Bertz CT molecular complexity index is 842.